The molecule has 1 aromatic rings. The molecule has 1 amide bonds. The maximum absolute atomic E-state index is 13.8. The minimum atomic E-state index is -0.401. The van der Waals surface area contributed by atoms with E-state index in [0.717, 1.165) is 25.9 Å². The van der Waals surface area contributed by atoms with Crippen molar-refractivity contribution in [2.24, 2.45) is 11.8 Å². The van der Waals surface area contributed by atoms with Crippen LogP contribution in [-0.4, -0.2) is 36.0 Å². The van der Waals surface area contributed by atoms with Crippen LogP contribution in [0.25, 0.3) is 0 Å². The fourth-order valence-electron chi connectivity index (χ4n) is 4.34. The maximum atomic E-state index is 13.8. The van der Waals surface area contributed by atoms with Crippen LogP contribution >= 0.6 is 0 Å². The van der Waals surface area contributed by atoms with Crippen LogP contribution in [0.3, 0.4) is 0 Å². The van der Waals surface area contributed by atoms with E-state index in [2.05, 4.69) is 5.32 Å². The van der Waals surface area contributed by atoms with Crippen molar-refractivity contribution in [3.8, 4) is 0 Å². The average Bonchev–Trinajstić information content (AvgIpc) is 3.10. The first kappa shape index (κ1) is 11.4. The van der Waals surface area contributed by atoms with E-state index in [9.17, 15) is 9.18 Å². The zero-order valence-corrected chi connectivity index (χ0v) is 10.7. The number of hydrogen-bond donors (Lipinski definition) is 1. The maximum Gasteiger partial charge on any atom is 0.257 e. The first-order chi connectivity index (χ1) is 9.27. The van der Waals surface area contributed by atoms with Gasteiger partial charge in [0.15, 0.2) is 0 Å². The standard InChI is InChI=1S/C15H17FN2O/c16-12-4-2-1-3-9(12)15(19)18-13-5-6-14(18)11-8-17-7-10(11)13/h1-4,10-11,13-14,17H,5-8H2/t10-,11+,13-,14+. The molecule has 0 aliphatic carbocycles. The molecule has 0 spiro atoms. The Labute approximate surface area is 111 Å². The number of carbonyl (C=O) groups is 1. The van der Waals surface area contributed by atoms with Gasteiger partial charge in [0.2, 0.25) is 0 Å². The molecule has 0 unspecified atom stereocenters. The largest absolute Gasteiger partial charge is 0.332 e. The van der Waals surface area contributed by atoms with Gasteiger partial charge in [0.1, 0.15) is 5.82 Å². The van der Waals surface area contributed by atoms with Crippen molar-refractivity contribution in [3.05, 3.63) is 35.6 Å². The molecule has 2 bridgehead atoms. The molecular formula is C15H17FN2O. The van der Waals surface area contributed by atoms with Crippen LogP contribution in [0.5, 0.6) is 0 Å². The second-order valence-corrected chi connectivity index (χ2v) is 5.89. The summed E-state index contributed by atoms with van der Waals surface area (Å²) >= 11 is 0. The van der Waals surface area contributed by atoms with E-state index in [4.69, 9.17) is 0 Å². The molecule has 4 rings (SSSR count). The number of halogens is 1. The quantitative estimate of drug-likeness (QED) is 0.832. The molecule has 4 heteroatoms. The predicted molar refractivity (Wildman–Crippen MR) is 69.2 cm³/mol. The van der Waals surface area contributed by atoms with Crippen LogP contribution < -0.4 is 5.32 Å². The first-order valence-corrected chi connectivity index (χ1v) is 7.05. The second kappa shape index (κ2) is 4.04. The smallest absolute Gasteiger partial charge is 0.257 e. The molecule has 3 saturated heterocycles. The summed E-state index contributed by atoms with van der Waals surface area (Å²) in [4.78, 5) is 14.6. The molecule has 100 valence electrons. The monoisotopic (exact) mass is 260 g/mol. The Bertz CT molecular complexity index is 515. The van der Waals surface area contributed by atoms with Gasteiger partial charge in [-0.05, 0) is 36.8 Å². The molecule has 3 nitrogen and oxygen atoms in total. The molecule has 0 radical (unpaired) electrons. The summed E-state index contributed by atoms with van der Waals surface area (Å²) in [5, 5.41) is 3.42. The molecule has 3 fully saturated rings. The zero-order chi connectivity index (χ0) is 13.0. The van der Waals surface area contributed by atoms with Gasteiger partial charge in [-0.3, -0.25) is 4.79 Å². The highest BCUT2D eigenvalue weighted by molar-refractivity contribution is 5.95. The number of carbonyl (C=O) groups excluding carboxylic acids is 1. The Morgan fingerprint density at radius 1 is 1.16 bits per heavy atom. The summed E-state index contributed by atoms with van der Waals surface area (Å²) in [6.45, 7) is 2.01. The molecule has 1 aromatic carbocycles. The van der Waals surface area contributed by atoms with Gasteiger partial charge < -0.3 is 10.2 Å². The number of benzene rings is 1. The fourth-order valence-corrected chi connectivity index (χ4v) is 4.34. The molecular weight excluding hydrogens is 243 g/mol. The highest BCUT2D eigenvalue weighted by atomic mass is 19.1. The van der Waals surface area contributed by atoms with E-state index >= 15 is 0 Å². The number of hydrogen-bond acceptors (Lipinski definition) is 2. The molecule has 19 heavy (non-hydrogen) atoms. The number of rotatable bonds is 1. The van der Waals surface area contributed by atoms with Crippen LogP contribution in [0, 0.1) is 17.7 Å². The van der Waals surface area contributed by atoms with E-state index in [1.807, 2.05) is 4.90 Å². The number of amides is 1. The Hall–Kier alpha value is -1.42. The van der Waals surface area contributed by atoms with Crippen LogP contribution in [0.1, 0.15) is 23.2 Å². The lowest BCUT2D eigenvalue weighted by molar-refractivity contribution is 0.0705. The Morgan fingerprint density at radius 3 is 2.42 bits per heavy atom. The minimum Gasteiger partial charge on any atom is -0.332 e. The van der Waals surface area contributed by atoms with Crippen molar-refractivity contribution in [1.82, 2.24) is 10.2 Å². The van der Waals surface area contributed by atoms with Gasteiger partial charge >= 0.3 is 0 Å². The van der Waals surface area contributed by atoms with Crippen molar-refractivity contribution in [2.75, 3.05) is 13.1 Å². The minimum absolute atomic E-state index is 0.111. The van der Waals surface area contributed by atoms with Crippen LogP contribution in [0.15, 0.2) is 24.3 Å². The second-order valence-electron chi connectivity index (χ2n) is 5.89. The van der Waals surface area contributed by atoms with Gasteiger partial charge in [-0.25, -0.2) is 4.39 Å². The van der Waals surface area contributed by atoms with Crippen molar-refractivity contribution in [3.63, 3.8) is 0 Å². The molecule has 4 atom stereocenters. The van der Waals surface area contributed by atoms with Crippen molar-refractivity contribution >= 4 is 5.91 Å². The van der Waals surface area contributed by atoms with Crippen molar-refractivity contribution < 1.29 is 9.18 Å². The third kappa shape index (κ3) is 1.49. The molecule has 3 aliphatic heterocycles. The van der Waals surface area contributed by atoms with Gasteiger partial charge in [0.25, 0.3) is 5.91 Å². The topological polar surface area (TPSA) is 32.3 Å². The fraction of sp³-hybridized carbons (Fsp3) is 0.533. The highest BCUT2D eigenvalue weighted by Crippen LogP contribution is 2.47. The number of fused-ring (bicyclic) bond motifs is 5. The number of nitrogens with one attached hydrogen (secondary N) is 1. The summed E-state index contributed by atoms with van der Waals surface area (Å²) < 4.78 is 13.8. The summed E-state index contributed by atoms with van der Waals surface area (Å²) in [5.41, 5.74) is 0.229. The summed E-state index contributed by atoms with van der Waals surface area (Å²) in [5.74, 6) is 0.644. The molecule has 0 saturated carbocycles. The van der Waals surface area contributed by atoms with Crippen molar-refractivity contribution in [2.45, 2.75) is 24.9 Å². The van der Waals surface area contributed by atoms with Gasteiger partial charge in [-0.2, -0.15) is 0 Å². The van der Waals surface area contributed by atoms with E-state index in [-0.39, 0.29) is 11.5 Å². The first-order valence-electron chi connectivity index (χ1n) is 7.05. The van der Waals surface area contributed by atoms with Crippen LogP contribution in [-0.2, 0) is 0 Å². The summed E-state index contributed by atoms with van der Waals surface area (Å²) in [7, 11) is 0. The van der Waals surface area contributed by atoms with Gasteiger partial charge in [0, 0.05) is 25.2 Å². The van der Waals surface area contributed by atoms with Crippen LogP contribution in [0.2, 0.25) is 0 Å². The van der Waals surface area contributed by atoms with E-state index < -0.39 is 5.82 Å². The van der Waals surface area contributed by atoms with E-state index in [1.165, 1.54) is 6.07 Å². The third-order valence-corrected chi connectivity index (χ3v) is 5.11. The Balaban J connectivity index is 1.67. The highest BCUT2D eigenvalue weighted by Gasteiger charge is 2.56. The summed E-state index contributed by atoms with van der Waals surface area (Å²) in [6.07, 6.45) is 2.15. The molecule has 0 aromatic heterocycles. The third-order valence-electron chi connectivity index (χ3n) is 5.11. The van der Waals surface area contributed by atoms with Crippen LogP contribution in [0.4, 0.5) is 4.39 Å². The van der Waals surface area contributed by atoms with Gasteiger partial charge in [0.05, 0.1) is 5.56 Å². The molecule has 1 N–H and O–H groups in total. The van der Waals surface area contributed by atoms with Gasteiger partial charge in [-0.15, -0.1) is 0 Å². The average molecular weight is 260 g/mol. The number of nitrogens with zero attached hydrogens (tertiary/aromatic N) is 1. The zero-order valence-electron chi connectivity index (χ0n) is 10.7. The lowest BCUT2D eigenvalue weighted by atomic mass is 9.82. The predicted octanol–water partition coefficient (Wildman–Crippen LogP) is 1.65. The summed E-state index contributed by atoms with van der Waals surface area (Å²) in [6, 6.07) is 6.96. The normalized spacial score (nSPS) is 35.7. The van der Waals surface area contributed by atoms with E-state index in [1.54, 1.807) is 18.2 Å². The van der Waals surface area contributed by atoms with Crippen molar-refractivity contribution in [1.29, 1.82) is 0 Å². The Morgan fingerprint density at radius 2 is 1.79 bits per heavy atom. The molecule has 3 aliphatic rings. The lowest BCUT2D eigenvalue weighted by Crippen LogP contribution is -2.39. The molecule has 3 heterocycles. The van der Waals surface area contributed by atoms with Gasteiger partial charge in [-0.1, -0.05) is 12.1 Å². The lowest BCUT2D eigenvalue weighted by Gasteiger charge is -2.25. The van der Waals surface area contributed by atoms with E-state index in [0.29, 0.717) is 23.9 Å². The Kier molecular flexibility index (Phi) is 2.42. The SMILES string of the molecule is O=C(c1ccccc1F)N1[C@@H]2CC[C@H]1[C@H]1CNC[C@H]12.